The normalized spacial score (nSPS) is 10.7. The number of aromatic nitrogens is 1. The molecular formula is C13H18N4. The number of hydrogen-bond donors (Lipinski definition) is 2. The topological polar surface area (TPSA) is 54.2 Å². The lowest BCUT2D eigenvalue weighted by Crippen LogP contribution is -2.27. The number of benzene rings is 1. The first-order chi connectivity index (χ1) is 8.22. The number of fused-ring (bicyclic) bond motifs is 1. The largest absolute Gasteiger partial charge is 0.399 e. The predicted molar refractivity (Wildman–Crippen MR) is 73.4 cm³/mol. The van der Waals surface area contributed by atoms with Crippen molar-refractivity contribution in [2.24, 2.45) is 0 Å². The minimum Gasteiger partial charge on any atom is -0.399 e. The van der Waals surface area contributed by atoms with Crippen LogP contribution in [0.1, 0.15) is 0 Å². The number of nitrogens with zero attached hydrogens (tertiary/aromatic N) is 2. The van der Waals surface area contributed by atoms with Gasteiger partial charge in [0.25, 0.3) is 0 Å². The average Bonchev–Trinajstić information content (AvgIpc) is 2.34. The van der Waals surface area contributed by atoms with Crippen LogP contribution in [0.3, 0.4) is 0 Å². The summed E-state index contributed by atoms with van der Waals surface area (Å²) in [5, 5.41) is 4.29. The Hall–Kier alpha value is -1.81. The van der Waals surface area contributed by atoms with Gasteiger partial charge in [-0.1, -0.05) is 0 Å². The summed E-state index contributed by atoms with van der Waals surface area (Å²) in [5.74, 6) is 0. The summed E-state index contributed by atoms with van der Waals surface area (Å²) < 4.78 is 0. The lowest BCUT2D eigenvalue weighted by atomic mass is 10.1. The number of anilines is 2. The van der Waals surface area contributed by atoms with E-state index in [0.717, 1.165) is 29.7 Å². The molecule has 2 rings (SSSR count). The van der Waals surface area contributed by atoms with E-state index in [0.29, 0.717) is 0 Å². The van der Waals surface area contributed by atoms with E-state index in [2.05, 4.69) is 22.2 Å². The molecule has 0 unspecified atom stereocenters. The van der Waals surface area contributed by atoms with Crippen LogP contribution in [0.5, 0.6) is 0 Å². The van der Waals surface area contributed by atoms with Gasteiger partial charge in [0.15, 0.2) is 0 Å². The van der Waals surface area contributed by atoms with Gasteiger partial charge in [-0.25, -0.2) is 0 Å². The van der Waals surface area contributed by atoms with Crippen molar-refractivity contribution in [3.63, 3.8) is 0 Å². The molecule has 0 aliphatic carbocycles. The lowest BCUT2D eigenvalue weighted by Gasteiger charge is -2.20. The first kappa shape index (κ1) is 11.7. The molecule has 4 heteroatoms. The highest BCUT2D eigenvalue weighted by molar-refractivity contribution is 5.93. The van der Waals surface area contributed by atoms with Gasteiger partial charge < -0.3 is 16.0 Å². The van der Waals surface area contributed by atoms with Gasteiger partial charge in [-0.3, -0.25) is 4.98 Å². The van der Waals surface area contributed by atoms with E-state index >= 15 is 0 Å². The molecule has 0 fully saturated rings. The fourth-order valence-electron chi connectivity index (χ4n) is 1.88. The van der Waals surface area contributed by atoms with Gasteiger partial charge in [-0.05, 0) is 31.3 Å². The van der Waals surface area contributed by atoms with Gasteiger partial charge in [0.1, 0.15) is 0 Å². The fourth-order valence-corrected chi connectivity index (χ4v) is 1.88. The lowest BCUT2D eigenvalue weighted by molar-refractivity contribution is 0.769. The third kappa shape index (κ3) is 2.47. The maximum absolute atomic E-state index is 5.77. The van der Waals surface area contributed by atoms with Crippen molar-refractivity contribution in [1.29, 1.82) is 0 Å². The molecule has 0 spiro atoms. The Labute approximate surface area is 101 Å². The van der Waals surface area contributed by atoms with Crippen LogP contribution in [0.2, 0.25) is 0 Å². The minimum atomic E-state index is 0.750. The highest BCUT2D eigenvalue weighted by Gasteiger charge is 2.06. The monoisotopic (exact) mass is 230 g/mol. The molecule has 0 radical (unpaired) electrons. The van der Waals surface area contributed by atoms with Crippen LogP contribution < -0.4 is 16.0 Å². The third-order valence-corrected chi connectivity index (χ3v) is 2.85. The van der Waals surface area contributed by atoms with Crippen molar-refractivity contribution in [1.82, 2.24) is 10.3 Å². The maximum Gasteiger partial charge on any atom is 0.0743 e. The van der Waals surface area contributed by atoms with E-state index in [-0.39, 0.29) is 0 Å². The minimum absolute atomic E-state index is 0.750. The first-order valence-corrected chi connectivity index (χ1v) is 5.72. The predicted octanol–water partition coefficient (Wildman–Crippen LogP) is 1.47. The van der Waals surface area contributed by atoms with Crippen LogP contribution in [0.25, 0.3) is 10.9 Å². The van der Waals surface area contributed by atoms with Crippen LogP contribution >= 0.6 is 0 Å². The van der Waals surface area contributed by atoms with Crippen molar-refractivity contribution in [3.8, 4) is 0 Å². The van der Waals surface area contributed by atoms with E-state index in [9.17, 15) is 0 Å². The Morgan fingerprint density at radius 2 is 2.18 bits per heavy atom. The van der Waals surface area contributed by atoms with Crippen LogP contribution in [0.4, 0.5) is 11.4 Å². The number of nitrogens with two attached hydrogens (primary N) is 1. The van der Waals surface area contributed by atoms with E-state index in [1.54, 1.807) is 0 Å². The molecule has 1 aromatic carbocycles. The number of pyridine rings is 1. The number of rotatable bonds is 4. The maximum atomic E-state index is 5.77. The van der Waals surface area contributed by atoms with Gasteiger partial charge >= 0.3 is 0 Å². The fraction of sp³-hybridized carbons (Fsp3) is 0.308. The average molecular weight is 230 g/mol. The van der Waals surface area contributed by atoms with Crippen LogP contribution in [-0.4, -0.2) is 32.2 Å². The Kier molecular flexibility index (Phi) is 3.44. The second-order valence-corrected chi connectivity index (χ2v) is 4.13. The zero-order valence-corrected chi connectivity index (χ0v) is 10.3. The van der Waals surface area contributed by atoms with Gasteiger partial charge in [-0.15, -0.1) is 0 Å². The third-order valence-electron chi connectivity index (χ3n) is 2.85. The second kappa shape index (κ2) is 5.01. The summed E-state index contributed by atoms with van der Waals surface area (Å²) in [6, 6.07) is 7.89. The molecule has 0 bridgehead atoms. The number of hydrogen-bond acceptors (Lipinski definition) is 4. The van der Waals surface area contributed by atoms with Gasteiger partial charge in [0.05, 0.1) is 5.52 Å². The van der Waals surface area contributed by atoms with E-state index < -0.39 is 0 Å². The van der Waals surface area contributed by atoms with Crippen LogP contribution in [-0.2, 0) is 0 Å². The molecule has 0 amide bonds. The molecule has 0 atom stereocenters. The molecule has 1 aromatic heterocycles. The molecule has 0 aliphatic rings. The Balaban J connectivity index is 2.40. The van der Waals surface area contributed by atoms with E-state index in [4.69, 9.17) is 5.73 Å². The van der Waals surface area contributed by atoms with Crippen LogP contribution in [0, 0.1) is 0 Å². The number of nitrogen functional groups attached to an aromatic ring is 1. The zero-order chi connectivity index (χ0) is 12.3. The zero-order valence-electron chi connectivity index (χ0n) is 10.3. The molecule has 2 aromatic rings. The highest BCUT2D eigenvalue weighted by Crippen LogP contribution is 2.25. The van der Waals surface area contributed by atoms with Crippen molar-refractivity contribution in [3.05, 3.63) is 30.5 Å². The summed E-state index contributed by atoms with van der Waals surface area (Å²) in [6.45, 7) is 1.91. The summed E-state index contributed by atoms with van der Waals surface area (Å²) >= 11 is 0. The summed E-state index contributed by atoms with van der Waals surface area (Å²) in [7, 11) is 4.04. The molecule has 17 heavy (non-hydrogen) atoms. The molecule has 1 heterocycles. The van der Waals surface area contributed by atoms with Crippen molar-refractivity contribution >= 4 is 22.3 Å². The first-order valence-electron chi connectivity index (χ1n) is 5.72. The van der Waals surface area contributed by atoms with Crippen molar-refractivity contribution in [2.75, 3.05) is 37.8 Å². The standard InChI is InChI=1S/C13H18N4/c1-15-7-8-17(2)13-5-6-16-12-9-10(14)3-4-11(12)13/h3-6,9,15H,7-8,14H2,1-2H3. The molecule has 4 nitrogen and oxygen atoms in total. The van der Waals surface area contributed by atoms with E-state index in [1.165, 1.54) is 5.69 Å². The summed E-state index contributed by atoms with van der Waals surface area (Å²) in [6.07, 6.45) is 1.83. The highest BCUT2D eigenvalue weighted by atomic mass is 15.1. The number of nitrogens with one attached hydrogen (secondary N) is 1. The smallest absolute Gasteiger partial charge is 0.0743 e. The van der Waals surface area contributed by atoms with Crippen molar-refractivity contribution in [2.45, 2.75) is 0 Å². The van der Waals surface area contributed by atoms with Gasteiger partial charge in [-0.2, -0.15) is 0 Å². The Bertz CT molecular complexity index is 510. The number of likely N-dealkylation sites (N-methyl/N-ethyl adjacent to an activating group) is 2. The second-order valence-electron chi connectivity index (χ2n) is 4.13. The van der Waals surface area contributed by atoms with Crippen molar-refractivity contribution < 1.29 is 0 Å². The summed E-state index contributed by atoms with van der Waals surface area (Å²) in [5.41, 5.74) is 8.65. The Morgan fingerprint density at radius 1 is 1.35 bits per heavy atom. The summed E-state index contributed by atoms with van der Waals surface area (Å²) in [4.78, 5) is 6.56. The van der Waals surface area contributed by atoms with Gasteiger partial charge in [0.2, 0.25) is 0 Å². The molecule has 0 aliphatic heterocycles. The quantitative estimate of drug-likeness (QED) is 0.781. The van der Waals surface area contributed by atoms with E-state index in [1.807, 2.05) is 37.5 Å². The molecule has 90 valence electrons. The molecule has 3 N–H and O–H groups in total. The molecule has 0 saturated heterocycles. The van der Waals surface area contributed by atoms with Crippen LogP contribution in [0.15, 0.2) is 30.5 Å². The SMILES string of the molecule is CNCCN(C)c1ccnc2cc(N)ccc12. The molecular weight excluding hydrogens is 212 g/mol. The molecule has 0 saturated carbocycles. The van der Waals surface area contributed by atoms with Gasteiger partial charge in [0, 0.05) is 43.1 Å². The Morgan fingerprint density at radius 3 is 2.94 bits per heavy atom.